The number of rotatable bonds is 5. The molecule has 8 nitrogen and oxygen atoms in total. The predicted molar refractivity (Wildman–Crippen MR) is 109 cm³/mol. The van der Waals surface area contributed by atoms with Gasteiger partial charge in [-0.05, 0) is 30.7 Å². The van der Waals surface area contributed by atoms with Crippen molar-refractivity contribution in [3.63, 3.8) is 0 Å². The Hall–Kier alpha value is -4.32. The Morgan fingerprint density at radius 1 is 1.27 bits per heavy atom. The Kier molecular flexibility index (Phi) is 4.82. The molecule has 0 radical (unpaired) electrons. The summed E-state index contributed by atoms with van der Waals surface area (Å²) in [5.41, 5.74) is 2.66. The van der Waals surface area contributed by atoms with Gasteiger partial charge in [-0.2, -0.15) is 0 Å². The lowest BCUT2D eigenvalue weighted by atomic mass is 10.1. The van der Waals surface area contributed by atoms with Gasteiger partial charge in [-0.25, -0.2) is 29.0 Å². The first-order valence-electron chi connectivity index (χ1n) is 8.93. The third-order valence-electron chi connectivity index (χ3n) is 4.65. The van der Waals surface area contributed by atoms with E-state index in [-0.39, 0.29) is 23.2 Å². The zero-order valence-electron chi connectivity index (χ0n) is 15.7. The lowest BCUT2D eigenvalue weighted by molar-refractivity contribution is 0.0697. The van der Waals surface area contributed by atoms with Gasteiger partial charge in [0.15, 0.2) is 0 Å². The number of carboxylic acids is 1. The summed E-state index contributed by atoms with van der Waals surface area (Å²) in [6, 6.07) is 7.59. The average molecular weight is 402 g/mol. The van der Waals surface area contributed by atoms with Gasteiger partial charge in [-0.1, -0.05) is 12.1 Å². The molecule has 148 valence electrons. The molecule has 9 heteroatoms. The van der Waals surface area contributed by atoms with Crippen LogP contribution in [0.15, 0.2) is 48.9 Å². The summed E-state index contributed by atoms with van der Waals surface area (Å²) < 4.78 is 13.7. The van der Waals surface area contributed by atoms with Crippen LogP contribution in [-0.4, -0.2) is 31.0 Å². The quantitative estimate of drug-likeness (QED) is 0.422. The number of carbonyl (C=O) groups is 1. The number of benzene rings is 1. The highest BCUT2D eigenvalue weighted by molar-refractivity contribution is 5.96. The first kappa shape index (κ1) is 19.0. The van der Waals surface area contributed by atoms with Gasteiger partial charge in [0.05, 0.1) is 30.1 Å². The lowest BCUT2D eigenvalue weighted by Crippen LogP contribution is -2.10. The fraction of sp³-hybridized carbons (Fsp3) is 0.0952. The maximum atomic E-state index is 13.7. The van der Waals surface area contributed by atoms with Crippen molar-refractivity contribution in [1.82, 2.24) is 19.9 Å². The van der Waals surface area contributed by atoms with Crippen LogP contribution in [0, 0.1) is 12.4 Å². The van der Waals surface area contributed by atoms with Crippen LogP contribution in [0.5, 0.6) is 0 Å². The number of anilines is 1. The molecular formula is C21H15FN6O2. The minimum Gasteiger partial charge on any atom is -0.478 e. The van der Waals surface area contributed by atoms with Crippen molar-refractivity contribution in [2.75, 3.05) is 5.32 Å². The SMILES string of the molecule is [C-]#[N+]c1cnc(N[C@H](C)c2ccc(C(=O)O)cc2)nc1-c1c[nH]c2ncc(F)cc12. The van der Waals surface area contributed by atoms with Crippen LogP contribution in [0.1, 0.15) is 28.9 Å². The monoisotopic (exact) mass is 402 g/mol. The number of pyridine rings is 1. The van der Waals surface area contributed by atoms with Gasteiger partial charge >= 0.3 is 5.97 Å². The largest absolute Gasteiger partial charge is 0.478 e. The van der Waals surface area contributed by atoms with Crippen LogP contribution in [0.4, 0.5) is 16.0 Å². The van der Waals surface area contributed by atoms with E-state index in [1.54, 1.807) is 18.3 Å². The Bertz CT molecular complexity index is 1290. The minimum atomic E-state index is -0.991. The second-order valence-corrected chi connectivity index (χ2v) is 6.58. The number of fused-ring (bicyclic) bond motifs is 1. The van der Waals surface area contributed by atoms with Gasteiger partial charge in [0.25, 0.3) is 0 Å². The maximum absolute atomic E-state index is 13.7. The summed E-state index contributed by atoms with van der Waals surface area (Å²) in [5, 5.41) is 12.7. The highest BCUT2D eigenvalue weighted by atomic mass is 19.1. The summed E-state index contributed by atoms with van der Waals surface area (Å²) in [5.74, 6) is -1.20. The van der Waals surface area contributed by atoms with Crippen molar-refractivity contribution in [1.29, 1.82) is 0 Å². The van der Waals surface area contributed by atoms with E-state index < -0.39 is 11.8 Å². The zero-order chi connectivity index (χ0) is 21.3. The zero-order valence-corrected chi connectivity index (χ0v) is 15.7. The molecule has 0 aliphatic heterocycles. The molecule has 0 aliphatic carbocycles. The van der Waals surface area contributed by atoms with Gasteiger partial charge in [0.2, 0.25) is 11.6 Å². The smallest absolute Gasteiger partial charge is 0.335 e. The van der Waals surface area contributed by atoms with Crippen LogP contribution in [0.25, 0.3) is 27.1 Å². The minimum absolute atomic E-state index is 0.200. The van der Waals surface area contributed by atoms with Gasteiger partial charge in [0, 0.05) is 23.3 Å². The molecule has 0 aliphatic rings. The van der Waals surface area contributed by atoms with E-state index in [9.17, 15) is 9.18 Å². The number of H-pyrrole nitrogens is 1. The molecule has 3 N–H and O–H groups in total. The van der Waals surface area contributed by atoms with Crippen LogP contribution in [0.2, 0.25) is 0 Å². The number of aromatic nitrogens is 4. The molecule has 0 saturated heterocycles. The Balaban J connectivity index is 1.68. The molecule has 0 spiro atoms. The molecule has 0 amide bonds. The Labute approximate surface area is 170 Å². The summed E-state index contributed by atoms with van der Waals surface area (Å²) in [4.78, 5) is 30.1. The molecule has 0 saturated carbocycles. The van der Waals surface area contributed by atoms with Crippen LogP contribution < -0.4 is 5.32 Å². The first-order valence-corrected chi connectivity index (χ1v) is 8.93. The lowest BCUT2D eigenvalue weighted by Gasteiger charge is -2.15. The number of halogens is 1. The van der Waals surface area contributed by atoms with Gasteiger partial charge < -0.3 is 15.4 Å². The maximum Gasteiger partial charge on any atom is 0.335 e. The van der Waals surface area contributed by atoms with Crippen molar-refractivity contribution in [3.8, 4) is 11.3 Å². The summed E-state index contributed by atoms with van der Waals surface area (Å²) in [7, 11) is 0. The Morgan fingerprint density at radius 2 is 2.03 bits per heavy atom. The van der Waals surface area contributed by atoms with Crippen LogP contribution >= 0.6 is 0 Å². The van der Waals surface area contributed by atoms with Crippen molar-refractivity contribution >= 4 is 28.6 Å². The third-order valence-corrected chi connectivity index (χ3v) is 4.65. The second-order valence-electron chi connectivity index (χ2n) is 6.58. The van der Waals surface area contributed by atoms with Gasteiger partial charge in [-0.3, -0.25) is 0 Å². The molecule has 4 aromatic rings. The number of hydrogen-bond donors (Lipinski definition) is 3. The van der Waals surface area contributed by atoms with E-state index >= 15 is 0 Å². The summed E-state index contributed by atoms with van der Waals surface area (Å²) in [6.45, 7) is 9.30. The average Bonchev–Trinajstić information content (AvgIpc) is 3.16. The summed E-state index contributed by atoms with van der Waals surface area (Å²) in [6.07, 6.45) is 4.15. The van der Waals surface area contributed by atoms with Crippen molar-refractivity contribution in [3.05, 3.63) is 77.3 Å². The van der Waals surface area contributed by atoms with E-state index in [1.807, 2.05) is 6.92 Å². The molecule has 4 rings (SSSR count). The number of aromatic amines is 1. The van der Waals surface area contributed by atoms with Gasteiger partial charge in [0.1, 0.15) is 11.5 Å². The van der Waals surface area contributed by atoms with E-state index in [0.717, 1.165) is 11.8 Å². The normalized spacial score (nSPS) is 11.8. The molecule has 0 bridgehead atoms. The molecule has 3 aromatic heterocycles. The van der Waals surface area contributed by atoms with E-state index in [2.05, 4.69) is 30.1 Å². The molecule has 30 heavy (non-hydrogen) atoms. The molecular weight excluding hydrogens is 387 g/mol. The molecule has 3 heterocycles. The summed E-state index contributed by atoms with van der Waals surface area (Å²) >= 11 is 0. The van der Waals surface area contributed by atoms with Crippen LogP contribution in [-0.2, 0) is 0 Å². The van der Waals surface area contributed by atoms with E-state index in [1.165, 1.54) is 24.4 Å². The molecule has 1 atom stereocenters. The highest BCUT2D eigenvalue weighted by Gasteiger charge is 2.16. The number of aromatic carboxylic acids is 1. The Morgan fingerprint density at radius 3 is 2.73 bits per heavy atom. The molecule has 0 fully saturated rings. The fourth-order valence-corrected chi connectivity index (χ4v) is 3.09. The highest BCUT2D eigenvalue weighted by Crippen LogP contribution is 2.34. The van der Waals surface area contributed by atoms with Crippen molar-refractivity contribution in [2.45, 2.75) is 13.0 Å². The number of nitrogens with one attached hydrogen (secondary N) is 2. The first-order chi connectivity index (χ1) is 14.5. The van der Waals surface area contributed by atoms with Crippen LogP contribution in [0.3, 0.4) is 0 Å². The van der Waals surface area contributed by atoms with Crippen molar-refractivity contribution in [2.24, 2.45) is 0 Å². The number of nitrogens with zero attached hydrogens (tertiary/aromatic N) is 4. The van der Waals surface area contributed by atoms with E-state index in [0.29, 0.717) is 22.3 Å². The standard InChI is InChI=1S/C21H15FN6O2/c1-11(12-3-5-13(6-4-12)20(29)30)27-21-26-10-17(23-2)18(28-21)16-9-25-19-15(16)7-14(22)8-24-19/h3-11H,1H3,(H,24,25)(H,29,30)(H,26,27,28)/t11-/m1/s1. The van der Waals surface area contributed by atoms with E-state index in [4.69, 9.17) is 11.7 Å². The number of carboxylic acid groups (broad SMARTS) is 1. The predicted octanol–water partition coefficient (Wildman–Crippen LogP) is 4.58. The van der Waals surface area contributed by atoms with Gasteiger partial charge in [-0.15, -0.1) is 0 Å². The fourth-order valence-electron chi connectivity index (χ4n) is 3.09. The third kappa shape index (κ3) is 3.54. The second kappa shape index (κ2) is 7.60. The topological polar surface area (TPSA) is 108 Å². The number of hydrogen-bond acceptors (Lipinski definition) is 5. The van der Waals surface area contributed by atoms with Crippen molar-refractivity contribution < 1.29 is 14.3 Å². The molecule has 0 unspecified atom stereocenters. The molecule has 1 aromatic carbocycles.